The third kappa shape index (κ3) is 4.25. The molecule has 4 heterocycles. The third-order valence-corrected chi connectivity index (χ3v) is 5.52. The van der Waals surface area contributed by atoms with E-state index in [1.54, 1.807) is 25.3 Å². The number of aromatic nitrogens is 6. The summed E-state index contributed by atoms with van der Waals surface area (Å²) in [6, 6.07) is 18.9. The second-order valence-electron chi connectivity index (χ2n) is 8.08. The molecule has 0 unspecified atom stereocenters. The van der Waals surface area contributed by atoms with E-state index < -0.39 is 0 Å². The number of hydrogen-bond acceptors (Lipinski definition) is 9. The molecule has 0 saturated carbocycles. The normalized spacial score (nSPS) is 10.8. The van der Waals surface area contributed by atoms with Gasteiger partial charge in [0.2, 0.25) is 11.8 Å². The summed E-state index contributed by atoms with van der Waals surface area (Å²) in [7, 11) is 1.55. The first kappa shape index (κ1) is 22.7. The molecule has 0 aliphatic rings. The van der Waals surface area contributed by atoms with Crippen LogP contribution in [0.5, 0.6) is 11.9 Å². The summed E-state index contributed by atoms with van der Waals surface area (Å²) in [5.41, 5.74) is 12.0. The molecule has 0 radical (unpaired) electrons. The maximum atomic E-state index is 9.75. The standard InChI is InChI=1S/C26H22N8O2/c1-15-7-6-9-19(29-15)14-36-26-32-24-22(18-11-16(2)30-21(12-18)35-3)23(31-25(28)34(24)33-26)20-10-5-4-8-17(20)13-27/h4-12H,14H2,1-3H3,(H2,28,31). The van der Waals surface area contributed by atoms with Gasteiger partial charge in [-0.25, -0.2) is 9.97 Å². The molecule has 10 nitrogen and oxygen atoms in total. The van der Waals surface area contributed by atoms with Gasteiger partial charge >= 0.3 is 6.01 Å². The van der Waals surface area contributed by atoms with Crippen LogP contribution in [-0.2, 0) is 6.61 Å². The average Bonchev–Trinajstić information content (AvgIpc) is 3.31. The Balaban J connectivity index is 1.72. The number of ether oxygens (including phenoxy) is 2. The maximum absolute atomic E-state index is 9.75. The number of rotatable bonds is 6. The van der Waals surface area contributed by atoms with Gasteiger partial charge in [-0.3, -0.25) is 4.98 Å². The Morgan fingerprint density at radius 3 is 2.58 bits per heavy atom. The summed E-state index contributed by atoms with van der Waals surface area (Å²) in [4.78, 5) is 18.1. The summed E-state index contributed by atoms with van der Waals surface area (Å²) in [5, 5.41) is 14.2. The molecule has 0 bridgehead atoms. The first-order valence-corrected chi connectivity index (χ1v) is 11.1. The van der Waals surface area contributed by atoms with Gasteiger partial charge in [0.1, 0.15) is 6.61 Å². The first-order chi connectivity index (χ1) is 17.5. The van der Waals surface area contributed by atoms with Crippen LogP contribution < -0.4 is 15.2 Å². The Morgan fingerprint density at radius 1 is 0.972 bits per heavy atom. The lowest BCUT2D eigenvalue weighted by Crippen LogP contribution is -2.07. The summed E-state index contributed by atoms with van der Waals surface area (Å²) >= 11 is 0. The highest BCUT2D eigenvalue weighted by Crippen LogP contribution is 2.37. The van der Waals surface area contributed by atoms with Gasteiger partial charge in [-0.1, -0.05) is 24.3 Å². The van der Waals surface area contributed by atoms with Crippen LogP contribution in [0.4, 0.5) is 5.95 Å². The zero-order valence-corrected chi connectivity index (χ0v) is 19.9. The van der Waals surface area contributed by atoms with Gasteiger partial charge in [0.05, 0.1) is 35.7 Å². The molecular weight excluding hydrogens is 456 g/mol. The van der Waals surface area contributed by atoms with Gasteiger partial charge in [-0.2, -0.15) is 14.8 Å². The van der Waals surface area contributed by atoms with Crippen molar-refractivity contribution in [1.29, 1.82) is 5.26 Å². The summed E-state index contributed by atoms with van der Waals surface area (Å²) in [5.74, 6) is 0.534. The van der Waals surface area contributed by atoms with Crippen molar-refractivity contribution in [3.8, 4) is 40.3 Å². The molecule has 4 aromatic heterocycles. The van der Waals surface area contributed by atoms with Crippen molar-refractivity contribution in [2.75, 3.05) is 12.8 Å². The molecule has 0 spiro atoms. The number of benzene rings is 1. The van der Waals surface area contributed by atoms with Gasteiger partial charge in [0.25, 0.3) is 0 Å². The van der Waals surface area contributed by atoms with Crippen molar-refractivity contribution >= 4 is 11.6 Å². The number of aryl methyl sites for hydroxylation is 2. The van der Waals surface area contributed by atoms with E-state index in [-0.39, 0.29) is 18.6 Å². The lowest BCUT2D eigenvalue weighted by Gasteiger charge is -2.14. The van der Waals surface area contributed by atoms with Gasteiger partial charge in [-0.15, -0.1) is 5.10 Å². The number of pyridine rings is 2. The molecule has 10 heteroatoms. The molecule has 5 rings (SSSR count). The fourth-order valence-electron chi connectivity index (χ4n) is 3.95. The molecule has 0 saturated heterocycles. The van der Waals surface area contributed by atoms with Crippen LogP contribution in [0.1, 0.15) is 22.6 Å². The van der Waals surface area contributed by atoms with Crippen molar-refractivity contribution in [3.63, 3.8) is 0 Å². The smallest absolute Gasteiger partial charge is 0.336 e. The van der Waals surface area contributed by atoms with Crippen LogP contribution in [0, 0.1) is 25.2 Å². The number of nitrogens with zero attached hydrogens (tertiary/aromatic N) is 7. The largest absolute Gasteiger partial charge is 0.481 e. The van der Waals surface area contributed by atoms with Crippen molar-refractivity contribution in [2.45, 2.75) is 20.5 Å². The monoisotopic (exact) mass is 478 g/mol. The maximum Gasteiger partial charge on any atom is 0.336 e. The second kappa shape index (κ2) is 9.31. The predicted molar refractivity (Wildman–Crippen MR) is 133 cm³/mol. The van der Waals surface area contributed by atoms with E-state index >= 15 is 0 Å². The number of nitriles is 1. The molecule has 1 aromatic carbocycles. The zero-order chi connectivity index (χ0) is 25.2. The van der Waals surface area contributed by atoms with Gasteiger partial charge in [0.15, 0.2) is 5.65 Å². The molecule has 0 aliphatic carbocycles. The van der Waals surface area contributed by atoms with E-state index in [0.29, 0.717) is 33.9 Å². The Labute approximate surface area is 207 Å². The van der Waals surface area contributed by atoms with Crippen LogP contribution in [-0.4, -0.2) is 36.7 Å². The van der Waals surface area contributed by atoms with E-state index in [0.717, 1.165) is 22.6 Å². The highest BCUT2D eigenvalue weighted by Gasteiger charge is 2.23. The lowest BCUT2D eigenvalue weighted by atomic mass is 9.97. The molecule has 36 heavy (non-hydrogen) atoms. The second-order valence-corrected chi connectivity index (χ2v) is 8.08. The highest BCUT2D eigenvalue weighted by molar-refractivity contribution is 5.92. The van der Waals surface area contributed by atoms with Crippen LogP contribution >= 0.6 is 0 Å². The minimum Gasteiger partial charge on any atom is -0.481 e. The lowest BCUT2D eigenvalue weighted by molar-refractivity contribution is 0.277. The van der Waals surface area contributed by atoms with Gasteiger partial charge in [0, 0.05) is 23.0 Å². The van der Waals surface area contributed by atoms with Crippen LogP contribution in [0.15, 0.2) is 54.6 Å². The Bertz CT molecular complexity index is 1640. The van der Waals surface area contributed by atoms with Crippen LogP contribution in [0.3, 0.4) is 0 Å². The highest BCUT2D eigenvalue weighted by atomic mass is 16.5. The Morgan fingerprint density at radius 2 is 1.81 bits per heavy atom. The quantitative estimate of drug-likeness (QED) is 0.385. The Kier molecular flexibility index (Phi) is 5.88. The van der Waals surface area contributed by atoms with Crippen molar-refractivity contribution in [1.82, 2.24) is 29.5 Å². The molecule has 178 valence electrons. The Hall–Kier alpha value is -5.04. The fraction of sp³-hybridized carbons (Fsp3) is 0.154. The van der Waals surface area contributed by atoms with E-state index in [1.165, 1.54) is 4.52 Å². The van der Waals surface area contributed by atoms with Gasteiger partial charge in [-0.05, 0) is 43.7 Å². The number of hydrogen-bond donors (Lipinski definition) is 1. The topological polar surface area (TPSA) is 137 Å². The van der Waals surface area contributed by atoms with Crippen molar-refractivity contribution in [3.05, 3.63) is 77.2 Å². The number of anilines is 1. The van der Waals surface area contributed by atoms with Gasteiger partial charge < -0.3 is 15.2 Å². The summed E-state index contributed by atoms with van der Waals surface area (Å²) in [6.07, 6.45) is 0. The first-order valence-electron chi connectivity index (χ1n) is 11.1. The predicted octanol–water partition coefficient (Wildman–Crippen LogP) is 3.91. The number of methoxy groups -OCH3 is 1. The third-order valence-electron chi connectivity index (χ3n) is 5.52. The zero-order valence-electron chi connectivity index (χ0n) is 19.9. The molecule has 2 N–H and O–H groups in total. The van der Waals surface area contributed by atoms with Crippen LogP contribution in [0.25, 0.3) is 28.0 Å². The molecule has 0 aliphatic heterocycles. The summed E-state index contributed by atoms with van der Waals surface area (Å²) in [6.45, 7) is 3.97. The van der Waals surface area contributed by atoms with Crippen molar-refractivity contribution in [2.24, 2.45) is 0 Å². The molecule has 0 amide bonds. The average molecular weight is 479 g/mol. The number of nitrogen functional groups attached to an aromatic ring is 1. The molecule has 0 fully saturated rings. The van der Waals surface area contributed by atoms with E-state index in [1.807, 2.05) is 50.2 Å². The minimum absolute atomic E-state index is 0.102. The van der Waals surface area contributed by atoms with Crippen molar-refractivity contribution < 1.29 is 9.47 Å². The number of nitrogens with two attached hydrogens (primary N) is 1. The van der Waals surface area contributed by atoms with E-state index in [2.05, 4.69) is 31.1 Å². The molecule has 0 atom stereocenters. The molecule has 5 aromatic rings. The summed E-state index contributed by atoms with van der Waals surface area (Å²) < 4.78 is 12.7. The van der Waals surface area contributed by atoms with E-state index in [9.17, 15) is 5.26 Å². The molecular formula is C26H22N8O2. The minimum atomic E-state index is 0.102. The SMILES string of the molecule is COc1cc(-c2c(-c3ccccc3C#N)nc(N)n3nc(OCc4cccc(C)n4)nc23)cc(C)n1. The number of fused-ring (bicyclic) bond motifs is 1. The van der Waals surface area contributed by atoms with Crippen LogP contribution in [0.2, 0.25) is 0 Å². The fourth-order valence-corrected chi connectivity index (χ4v) is 3.95. The van der Waals surface area contributed by atoms with E-state index in [4.69, 9.17) is 15.2 Å².